The fraction of sp³-hybridized carbons (Fsp3) is 0.231. The van der Waals surface area contributed by atoms with E-state index in [1.807, 2.05) is 37.4 Å². The van der Waals surface area contributed by atoms with Gasteiger partial charge in [0, 0.05) is 18.0 Å². The third-order valence-electron chi connectivity index (χ3n) is 2.90. The third-order valence-corrected chi connectivity index (χ3v) is 3.93. The molecule has 18 heavy (non-hydrogen) atoms. The largest absolute Gasteiger partial charge is 0.366 e. The number of aliphatic imine (C=N–C) groups is 1. The van der Waals surface area contributed by atoms with Gasteiger partial charge in [-0.25, -0.2) is 4.99 Å². The molecule has 1 amide bonds. The molecule has 0 aromatic heterocycles. The maximum Gasteiger partial charge on any atom is 0.251 e. The molecule has 0 saturated heterocycles. The number of amides is 1. The summed E-state index contributed by atoms with van der Waals surface area (Å²) in [6, 6.07) is 8.03. The molecule has 1 aliphatic rings. The quantitative estimate of drug-likeness (QED) is 0.866. The first-order chi connectivity index (χ1) is 8.59. The van der Waals surface area contributed by atoms with Crippen molar-refractivity contribution in [3.8, 4) is 0 Å². The standard InChI is InChI=1S/C13H15N3OS/c1-9-5-3-4-6-11(9)13(18-2)15-7-10(8-16-13)12(14)17/h3-8,15H,1-2H3,(H2,14,17). The summed E-state index contributed by atoms with van der Waals surface area (Å²) in [7, 11) is 0. The number of carbonyl (C=O) groups excluding carboxylic acids is 1. The van der Waals surface area contributed by atoms with Crippen LogP contribution in [0.15, 0.2) is 41.0 Å². The Morgan fingerprint density at radius 3 is 2.67 bits per heavy atom. The molecule has 1 heterocycles. The van der Waals surface area contributed by atoms with Gasteiger partial charge in [-0.3, -0.25) is 4.79 Å². The number of primary amides is 1. The molecule has 5 heteroatoms. The molecule has 94 valence electrons. The lowest BCUT2D eigenvalue weighted by atomic mass is 10.1. The molecule has 2 rings (SSSR count). The first-order valence-corrected chi connectivity index (χ1v) is 6.76. The average molecular weight is 261 g/mol. The number of thioether (sulfide) groups is 1. The van der Waals surface area contributed by atoms with Crippen LogP contribution in [-0.2, 0) is 9.79 Å². The van der Waals surface area contributed by atoms with Gasteiger partial charge in [0.05, 0.1) is 5.57 Å². The second kappa shape index (κ2) is 4.86. The minimum absolute atomic E-state index is 0.383. The zero-order chi connectivity index (χ0) is 13.2. The molecule has 1 aliphatic heterocycles. The number of benzene rings is 1. The van der Waals surface area contributed by atoms with Crippen molar-refractivity contribution in [2.75, 3.05) is 6.26 Å². The van der Waals surface area contributed by atoms with Crippen LogP contribution in [0.2, 0.25) is 0 Å². The molecule has 4 nitrogen and oxygen atoms in total. The molecule has 0 fully saturated rings. The summed E-state index contributed by atoms with van der Waals surface area (Å²) in [6.07, 6.45) is 5.12. The van der Waals surface area contributed by atoms with Crippen LogP contribution in [0.5, 0.6) is 0 Å². The van der Waals surface area contributed by atoms with E-state index in [-0.39, 0.29) is 0 Å². The maximum absolute atomic E-state index is 11.1. The Labute approximate surface area is 110 Å². The van der Waals surface area contributed by atoms with Gasteiger partial charge in [0.2, 0.25) is 4.99 Å². The van der Waals surface area contributed by atoms with Gasteiger partial charge in [0.1, 0.15) is 0 Å². The van der Waals surface area contributed by atoms with Gasteiger partial charge in [-0.1, -0.05) is 24.3 Å². The lowest BCUT2D eigenvalue weighted by Crippen LogP contribution is -2.38. The average Bonchev–Trinajstić information content (AvgIpc) is 2.39. The number of hydrogen-bond acceptors (Lipinski definition) is 4. The highest BCUT2D eigenvalue weighted by atomic mass is 32.2. The van der Waals surface area contributed by atoms with Crippen molar-refractivity contribution in [1.29, 1.82) is 0 Å². The Hall–Kier alpha value is -1.75. The fourth-order valence-corrected chi connectivity index (χ4v) is 2.65. The summed E-state index contributed by atoms with van der Waals surface area (Å²) in [5, 5.41) is 3.17. The zero-order valence-electron chi connectivity index (χ0n) is 10.3. The van der Waals surface area contributed by atoms with Crippen molar-refractivity contribution in [3.05, 3.63) is 47.2 Å². The van der Waals surface area contributed by atoms with E-state index in [9.17, 15) is 4.79 Å². The fourth-order valence-electron chi connectivity index (χ4n) is 1.87. The Bertz CT molecular complexity index is 539. The van der Waals surface area contributed by atoms with Gasteiger partial charge in [-0.15, -0.1) is 11.8 Å². The van der Waals surface area contributed by atoms with Crippen LogP contribution in [0.25, 0.3) is 0 Å². The SMILES string of the molecule is CSC1(c2ccccc2C)N=CC(C(N)=O)=CN1. The summed E-state index contributed by atoms with van der Waals surface area (Å²) < 4.78 is 0. The Morgan fingerprint density at radius 1 is 1.44 bits per heavy atom. The van der Waals surface area contributed by atoms with E-state index in [2.05, 4.69) is 10.3 Å². The molecular weight excluding hydrogens is 246 g/mol. The monoisotopic (exact) mass is 261 g/mol. The molecule has 1 unspecified atom stereocenters. The number of nitrogens with two attached hydrogens (primary N) is 1. The van der Waals surface area contributed by atoms with E-state index in [0.717, 1.165) is 11.1 Å². The van der Waals surface area contributed by atoms with Crippen LogP contribution in [0.1, 0.15) is 11.1 Å². The molecule has 1 aromatic carbocycles. The number of aryl methyl sites for hydroxylation is 1. The van der Waals surface area contributed by atoms with E-state index < -0.39 is 10.9 Å². The first kappa shape index (κ1) is 12.7. The summed E-state index contributed by atoms with van der Waals surface area (Å²) in [6.45, 7) is 2.04. The van der Waals surface area contributed by atoms with E-state index in [1.54, 1.807) is 18.0 Å². The number of hydrogen-bond donors (Lipinski definition) is 2. The van der Waals surface area contributed by atoms with Crippen LogP contribution in [0.4, 0.5) is 0 Å². The summed E-state index contributed by atoms with van der Waals surface area (Å²) in [4.78, 5) is 15.0. The highest BCUT2D eigenvalue weighted by Gasteiger charge is 2.32. The van der Waals surface area contributed by atoms with Crippen LogP contribution in [0.3, 0.4) is 0 Å². The van der Waals surface area contributed by atoms with Gasteiger partial charge in [0.15, 0.2) is 0 Å². The van der Waals surface area contributed by atoms with Crippen molar-refractivity contribution < 1.29 is 4.79 Å². The Morgan fingerprint density at radius 2 is 2.17 bits per heavy atom. The molecule has 0 spiro atoms. The lowest BCUT2D eigenvalue weighted by molar-refractivity contribution is -0.114. The lowest BCUT2D eigenvalue weighted by Gasteiger charge is -2.32. The van der Waals surface area contributed by atoms with Crippen LogP contribution < -0.4 is 11.1 Å². The van der Waals surface area contributed by atoms with Crippen LogP contribution in [0, 0.1) is 6.92 Å². The van der Waals surface area contributed by atoms with Crippen LogP contribution >= 0.6 is 11.8 Å². The molecule has 3 N–H and O–H groups in total. The summed E-state index contributed by atoms with van der Waals surface area (Å²) in [5.41, 5.74) is 7.83. The van der Waals surface area contributed by atoms with E-state index in [4.69, 9.17) is 5.73 Å². The highest BCUT2D eigenvalue weighted by molar-refractivity contribution is 7.99. The molecule has 1 atom stereocenters. The molecular formula is C13H15N3OS. The predicted octanol–water partition coefficient (Wildman–Crippen LogP) is 1.51. The number of rotatable bonds is 3. The topological polar surface area (TPSA) is 67.5 Å². The Balaban J connectivity index is 2.40. The summed E-state index contributed by atoms with van der Waals surface area (Å²) >= 11 is 1.57. The number of carbonyl (C=O) groups is 1. The minimum atomic E-state index is -0.579. The molecule has 1 aromatic rings. The maximum atomic E-state index is 11.1. The molecule has 0 aliphatic carbocycles. The Kier molecular flexibility index (Phi) is 3.43. The molecule has 0 bridgehead atoms. The van der Waals surface area contributed by atoms with Crippen molar-refractivity contribution in [2.45, 2.75) is 11.9 Å². The highest BCUT2D eigenvalue weighted by Crippen LogP contribution is 2.36. The van der Waals surface area contributed by atoms with Crippen molar-refractivity contribution in [2.24, 2.45) is 10.7 Å². The normalized spacial score (nSPS) is 22.2. The van der Waals surface area contributed by atoms with Gasteiger partial charge < -0.3 is 11.1 Å². The van der Waals surface area contributed by atoms with E-state index >= 15 is 0 Å². The predicted molar refractivity (Wildman–Crippen MR) is 75.3 cm³/mol. The van der Waals surface area contributed by atoms with Crippen molar-refractivity contribution in [3.63, 3.8) is 0 Å². The van der Waals surface area contributed by atoms with Crippen molar-refractivity contribution in [1.82, 2.24) is 5.32 Å². The van der Waals surface area contributed by atoms with Gasteiger partial charge in [-0.05, 0) is 18.7 Å². The second-order valence-corrected chi connectivity index (χ2v) is 5.03. The summed E-state index contributed by atoms with van der Waals surface area (Å²) in [5.74, 6) is -0.481. The molecule has 0 radical (unpaired) electrons. The minimum Gasteiger partial charge on any atom is -0.366 e. The molecule has 0 saturated carbocycles. The number of nitrogens with one attached hydrogen (secondary N) is 1. The van der Waals surface area contributed by atoms with Gasteiger partial charge in [0.25, 0.3) is 5.91 Å². The van der Waals surface area contributed by atoms with E-state index in [1.165, 1.54) is 6.21 Å². The number of nitrogens with zero attached hydrogens (tertiary/aromatic N) is 1. The first-order valence-electron chi connectivity index (χ1n) is 5.53. The van der Waals surface area contributed by atoms with Gasteiger partial charge >= 0.3 is 0 Å². The van der Waals surface area contributed by atoms with Gasteiger partial charge in [-0.2, -0.15) is 0 Å². The zero-order valence-corrected chi connectivity index (χ0v) is 11.1. The van der Waals surface area contributed by atoms with Crippen LogP contribution in [-0.4, -0.2) is 18.4 Å². The van der Waals surface area contributed by atoms with Crippen molar-refractivity contribution >= 4 is 23.9 Å². The third kappa shape index (κ3) is 2.13. The smallest absolute Gasteiger partial charge is 0.251 e. The van der Waals surface area contributed by atoms with E-state index in [0.29, 0.717) is 5.57 Å². The second-order valence-electron chi connectivity index (χ2n) is 4.03.